The number of benzene rings is 2. The first kappa shape index (κ1) is 17.4. The minimum absolute atomic E-state index is 0.673. The van der Waals surface area contributed by atoms with Gasteiger partial charge in [0.2, 0.25) is 0 Å². The Kier molecular flexibility index (Phi) is 4.43. The molecule has 3 nitrogen and oxygen atoms in total. The lowest BCUT2D eigenvalue weighted by molar-refractivity contribution is 1.11. The smallest absolute Gasteiger partial charge is 0.196 e. The maximum atomic E-state index is 6.46. The molecule has 26 heavy (non-hydrogen) atoms. The van der Waals surface area contributed by atoms with E-state index in [0.717, 1.165) is 39.0 Å². The predicted molar refractivity (Wildman–Crippen MR) is 112 cm³/mol. The number of thiazole rings is 1. The van der Waals surface area contributed by atoms with E-state index < -0.39 is 0 Å². The Morgan fingerprint density at radius 2 is 1.69 bits per heavy atom. The first-order valence-electron chi connectivity index (χ1n) is 8.23. The van der Waals surface area contributed by atoms with Crippen LogP contribution in [-0.2, 0) is 0 Å². The number of aromatic nitrogens is 2. The number of imidazole rings is 1. The number of anilines is 2. The third kappa shape index (κ3) is 2.78. The molecule has 6 heteroatoms. The molecule has 0 radical (unpaired) electrons. The Hall–Kier alpha value is -2.01. The summed E-state index contributed by atoms with van der Waals surface area (Å²) in [6.45, 7) is 6.24. The zero-order valence-corrected chi connectivity index (χ0v) is 16.9. The van der Waals surface area contributed by atoms with Gasteiger partial charge < -0.3 is 5.32 Å². The van der Waals surface area contributed by atoms with E-state index in [4.69, 9.17) is 28.2 Å². The van der Waals surface area contributed by atoms with Crippen LogP contribution in [0.3, 0.4) is 0 Å². The van der Waals surface area contributed by atoms with E-state index >= 15 is 0 Å². The Bertz CT molecular complexity index is 1110. The molecule has 2 heterocycles. The lowest BCUT2D eigenvalue weighted by Gasteiger charge is -2.13. The van der Waals surface area contributed by atoms with Gasteiger partial charge in [0.1, 0.15) is 11.5 Å². The fourth-order valence-corrected chi connectivity index (χ4v) is 4.48. The fraction of sp³-hybridized carbons (Fsp3) is 0.150. The predicted octanol–water partition coefficient (Wildman–Crippen LogP) is 7.04. The second-order valence-electron chi connectivity index (χ2n) is 6.21. The van der Waals surface area contributed by atoms with Crippen molar-refractivity contribution in [3.63, 3.8) is 0 Å². The average molecular weight is 402 g/mol. The van der Waals surface area contributed by atoms with E-state index in [2.05, 4.69) is 23.6 Å². The second kappa shape index (κ2) is 6.62. The summed E-state index contributed by atoms with van der Waals surface area (Å²) in [4.78, 5) is 7.04. The lowest BCUT2D eigenvalue weighted by Crippen LogP contribution is -2.00. The molecular formula is C20H17Cl2N3S. The summed E-state index contributed by atoms with van der Waals surface area (Å²) in [7, 11) is 0. The van der Waals surface area contributed by atoms with Crippen LogP contribution < -0.4 is 5.32 Å². The summed E-state index contributed by atoms with van der Waals surface area (Å²) in [6, 6.07) is 13.6. The van der Waals surface area contributed by atoms with Gasteiger partial charge in [0.05, 0.1) is 15.7 Å². The highest BCUT2D eigenvalue weighted by atomic mass is 35.5. The van der Waals surface area contributed by atoms with Crippen LogP contribution in [0.1, 0.15) is 16.1 Å². The number of nitrogens with one attached hydrogen (secondary N) is 1. The molecule has 2 aromatic carbocycles. The lowest BCUT2D eigenvalue weighted by atomic mass is 10.1. The van der Waals surface area contributed by atoms with Gasteiger partial charge in [-0.05, 0) is 38.5 Å². The maximum absolute atomic E-state index is 6.46. The van der Waals surface area contributed by atoms with E-state index in [1.165, 1.54) is 4.88 Å². The van der Waals surface area contributed by atoms with Crippen LogP contribution in [0, 0.1) is 20.8 Å². The molecule has 0 atom stereocenters. The highest BCUT2D eigenvalue weighted by Crippen LogP contribution is 2.40. The molecule has 1 N–H and O–H groups in total. The van der Waals surface area contributed by atoms with E-state index in [9.17, 15) is 0 Å². The number of halogens is 2. The summed E-state index contributed by atoms with van der Waals surface area (Å²) >= 11 is 14.6. The SMILES string of the molecule is Cc1cccc(Cl)c1Nc1c(-c2ccccc2Cl)nc2sc(C)c(C)n12. The van der Waals surface area contributed by atoms with Crippen molar-refractivity contribution in [1.29, 1.82) is 0 Å². The Labute approximate surface area is 166 Å². The number of rotatable bonds is 3. The van der Waals surface area contributed by atoms with Crippen LogP contribution in [0.25, 0.3) is 16.2 Å². The second-order valence-corrected chi connectivity index (χ2v) is 8.20. The summed E-state index contributed by atoms with van der Waals surface area (Å²) < 4.78 is 2.14. The van der Waals surface area contributed by atoms with Crippen molar-refractivity contribution in [3.8, 4) is 11.3 Å². The molecule has 4 rings (SSSR count). The van der Waals surface area contributed by atoms with Gasteiger partial charge in [0, 0.05) is 16.1 Å². The molecule has 0 fully saturated rings. The van der Waals surface area contributed by atoms with Gasteiger partial charge >= 0.3 is 0 Å². The summed E-state index contributed by atoms with van der Waals surface area (Å²) in [5.74, 6) is 0.881. The fourth-order valence-electron chi connectivity index (χ4n) is 3.01. The summed E-state index contributed by atoms with van der Waals surface area (Å²) in [5.41, 5.74) is 4.83. The topological polar surface area (TPSA) is 29.3 Å². The van der Waals surface area contributed by atoms with Gasteiger partial charge in [-0.15, -0.1) is 11.3 Å². The van der Waals surface area contributed by atoms with Crippen molar-refractivity contribution in [1.82, 2.24) is 9.38 Å². The third-order valence-electron chi connectivity index (χ3n) is 4.53. The van der Waals surface area contributed by atoms with Crippen molar-refractivity contribution < 1.29 is 0 Å². The Morgan fingerprint density at radius 1 is 0.962 bits per heavy atom. The van der Waals surface area contributed by atoms with Gasteiger partial charge in [0.25, 0.3) is 0 Å². The Balaban J connectivity index is 1.99. The molecule has 2 aromatic heterocycles. The van der Waals surface area contributed by atoms with E-state index in [1.54, 1.807) is 11.3 Å². The van der Waals surface area contributed by atoms with Crippen LogP contribution >= 0.6 is 34.5 Å². The van der Waals surface area contributed by atoms with Gasteiger partial charge in [-0.2, -0.15) is 0 Å². The molecule has 0 saturated heterocycles. The number of hydrogen-bond acceptors (Lipinski definition) is 3. The molecule has 0 aliphatic carbocycles. The van der Waals surface area contributed by atoms with E-state index in [-0.39, 0.29) is 0 Å². The van der Waals surface area contributed by atoms with Crippen molar-refractivity contribution >= 4 is 51.0 Å². The van der Waals surface area contributed by atoms with Gasteiger partial charge in [-0.3, -0.25) is 4.40 Å². The quantitative estimate of drug-likeness (QED) is 0.398. The van der Waals surface area contributed by atoms with Crippen LogP contribution in [0.4, 0.5) is 11.5 Å². The van der Waals surface area contributed by atoms with Crippen molar-refractivity contribution in [3.05, 3.63) is 68.6 Å². The van der Waals surface area contributed by atoms with E-state index in [1.807, 2.05) is 49.4 Å². The third-order valence-corrected chi connectivity index (χ3v) is 6.23. The van der Waals surface area contributed by atoms with Crippen LogP contribution in [0.15, 0.2) is 42.5 Å². The highest BCUT2D eigenvalue weighted by molar-refractivity contribution is 7.17. The summed E-state index contributed by atoms with van der Waals surface area (Å²) in [6.07, 6.45) is 0. The van der Waals surface area contributed by atoms with Gasteiger partial charge in [-0.25, -0.2) is 4.98 Å². The van der Waals surface area contributed by atoms with Gasteiger partial charge in [0.15, 0.2) is 4.96 Å². The molecule has 0 aliphatic rings. The number of nitrogens with zero attached hydrogens (tertiary/aromatic N) is 2. The molecule has 0 amide bonds. The largest absolute Gasteiger partial charge is 0.338 e. The highest BCUT2D eigenvalue weighted by Gasteiger charge is 2.21. The molecule has 0 saturated carbocycles. The normalized spacial score (nSPS) is 11.3. The summed E-state index contributed by atoms with van der Waals surface area (Å²) in [5, 5.41) is 4.88. The van der Waals surface area contributed by atoms with Crippen LogP contribution in [-0.4, -0.2) is 9.38 Å². The van der Waals surface area contributed by atoms with Crippen LogP contribution in [0.2, 0.25) is 10.0 Å². The average Bonchev–Trinajstić information content (AvgIpc) is 3.08. The number of para-hydroxylation sites is 1. The van der Waals surface area contributed by atoms with Gasteiger partial charge in [-0.1, -0.05) is 53.5 Å². The molecule has 0 aliphatic heterocycles. The molecule has 0 bridgehead atoms. The minimum Gasteiger partial charge on any atom is -0.338 e. The number of aryl methyl sites for hydroxylation is 3. The number of hydrogen-bond donors (Lipinski definition) is 1. The van der Waals surface area contributed by atoms with Crippen molar-refractivity contribution in [2.24, 2.45) is 0 Å². The maximum Gasteiger partial charge on any atom is 0.196 e. The minimum atomic E-state index is 0.673. The molecule has 0 spiro atoms. The Morgan fingerprint density at radius 3 is 2.42 bits per heavy atom. The van der Waals surface area contributed by atoms with Crippen LogP contribution in [0.5, 0.6) is 0 Å². The monoisotopic (exact) mass is 401 g/mol. The molecule has 132 valence electrons. The van der Waals surface area contributed by atoms with E-state index in [0.29, 0.717) is 10.0 Å². The molecule has 4 aromatic rings. The first-order chi connectivity index (χ1) is 12.5. The molecule has 0 unspecified atom stereocenters. The zero-order valence-electron chi connectivity index (χ0n) is 14.6. The standard InChI is InChI=1S/C20H17Cl2N3S/c1-11-7-6-10-16(22)17(11)23-19-18(14-8-4-5-9-15(14)21)24-20-25(19)12(2)13(3)26-20/h4-10,23H,1-3H3. The molecular weight excluding hydrogens is 385 g/mol. The zero-order chi connectivity index (χ0) is 18.4. The van der Waals surface area contributed by atoms with Crippen molar-refractivity contribution in [2.45, 2.75) is 20.8 Å². The van der Waals surface area contributed by atoms with Crippen molar-refractivity contribution in [2.75, 3.05) is 5.32 Å². The number of fused-ring (bicyclic) bond motifs is 1. The first-order valence-corrected chi connectivity index (χ1v) is 9.80.